The molecule has 2 N–H and O–H groups in total. The third-order valence-electron chi connectivity index (χ3n) is 2.47. The molecule has 0 radical (unpaired) electrons. The molecule has 1 rings (SSSR count). The lowest BCUT2D eigenvalue weighted by atomic mass is 9.90. The van der Waals surface area contributed by atoms with Crippen molar-refractivity contribution < 1.29 is 9.13 Å². The molecular weight excluding hydrogens is 193 g/mol. The van der Waals surface area contributed by atoms with E-state index in [2.05, 4.69) is 0 Å². The average molecular weight is 211 g/mol. The molecule has 0 amide bonds. The smallest absolute Gasteiger partial charge is 0.123 e. The first-order chi connectivity index (χ1) is 7.06. The second kappa shape index (κ2) is 5.24. The fourth-order valence-corrected chi connectivity index (χ4v) is 1.40. The molecule has 0 saturated carbocycles. The van der Waals surface area contributed by atoms with E-state index in [1.807, 2.05) is 13.8 Å². The minimum absolute atomic E-state index is 0.237. The van der Waals surface area contributed by atoms with Crippen molar-refractivity contribution in [1.29, 1.82) is 0 Å². The molecular formula is C12H18FNO. The molecule has 84 valence electrons. The SMILES string of the molecule is CCOCCC(C)(N)c1ccc(F)cc1. The Bertz CT molecular complexity index is 295. The van der Waals surface area contributed by atoms with Crippen LogP contribution >= 0.6 is 0 Å². The summed E-state index contributed by atoms with van der Waals surface area (Å²) in [5, 5.41) is 0. The summed E-state index contributed by atoms with van der Waals surface area (Å²) >= 11 is 0. The van der Waals surface area contributed by atoms with Gasteiger partial charge in [-0.3, -0.25) is 0 Å². The van der Waals surface area contributed by atoms with Gasteiger partial charge in [-0.05, 0) is 38.0 Å². The Kier molecular flexibility index (Phi) is 4.24. The first kappa shape index (κ1) is 12.1. The minimum Gasteiger partial charge on any atom is -0.382 e. The van der Waals surface area contributed by atoms with Gasteiger partial charge < -0.3 is 10.5 Å². The van der Waals surface area contributed by atoms with Crippen molar-refractivity contribution in [2.45, 2.75) is 25.8 Å². The number of benzene rings is 1. The van der Waals surface area contributed by atoms with E-state index in [1.54, 1.807) is 12.1 Å². The molecule has 3 heteroatoms. The Morgan fingerprint density at radius 2 is 1.93 bits per heavy atom. The molecule has 0 heterocycles. The van der Waals surface area contributed by atoms with E-state index < -0.39 is 5.54 Å². The van der Waals surface area contributed by atoms with Gasteiger partial charge in [-0.15, -0.1) is 0 Å². The van der Waals surface area contributed by atoms with Gasteiger partial charge in [-0.25, -0.2) is 4.39 Å². The lowest BCUT2D eigenvalue weighted by Gasteiger charge is -2.25. The van der Waals surface area contributed by atoms with Gasteiger partial charge in [0.05, 0.1) is 0 Å². The molecule has 15 heavy (non-hydrogen) atoms. The predicted molar refractivity (Wildman–Crippen MR) is 59.0 cm³/mol. The third-order valence-corrected chi connectivity index (χ3v) is 2.47. The molecule has 0 aromatic heterocycles. The monoisotopic (exact) mass is 211 g/mol. The van der Waals surface area contributed by atoms with Crippen molar-refractivity contribution in [1.82, 2.24) is 0 Å². The standard InChI is InChI=1S/C12H18FNO/c1-3-15-9-8-12(2,14)10-4-6-11(13)7-5-10/h4-7H,3,8-9,14H2,1-2H3. The van der Waals surface area contributed by atoms with Gasteiger partial charge in [0.15, 0.2) is 0 Å². The van der Waals surface area contributed by atoms with Crippen LogP contribution in [0.3, 0.4) is 0 Å². The van der Waals surface area contributed by atoms with E-state index >= 15 is 0 Å². The highest BCUT2D eigenvalue weighted by Gasteiger charge is 2.20. The van der Waals surface area contributed by atoms with Gasteiger partial charge in [0, 0.05) is 18.8 Å². The van der Waals surface area contributed by atoms with Gasteiger partial charge in [0.25, 0.3) is 0 Å². The molecule has 0 aliphatic carbocycles. The van der Waals surface area contributed by atoms with Gasteiger partial charge in [-0.2, -0.15) is 0 Å². The van der Waals surface area contributed by atoms with E-state index in [0.717, 1.165) is 12.0 Å². The van der Waals surface area contributed by atoms with Crippen LogP contribution in [0.25, 0.3) is 0 Å². The zero-order valence-corrected chi connectivity index (χ0v) is 9.29. The molecule has 0 aliphatic rings. The molecule has 0 saturated heterocycles. The summed E-state index contributed by atoms with van der Waals surface area (Å²) in [4.78, 5) is 0. The van der Waals surface area contributed by atoms with Gasteiger partial charge in [0.2, 0.25) is 0 Å². The summed E-state index contributed by atoms with van der Waals surface area (Å²) in [7, 11) is 0. The first-order valence-corrected chi connectivity index (χ1v) is 5.19. The largest absolute Gasteiger partial charge is 0.382 e. The minimum atomic E-state index is -0.455. The normalized spacial score (nSPS) is 14.9. The maximum absolute atomic E-state index is 12.7. The summed E-state index contributed by atoms with van der Waals surface area (Å²) in [6, 6.07) is 6.31. The van der Waals surface area contributed by atoms with Crippen LogP contribution in [0.4, 0.5) is 4.39 Å². The second-order valence-electron chi connectivity index (χ2n) is 3.87. The number of nitrogens with two attached hydrogens (primary N) is 1. The van der Waals surface area contributed by atoms with Crippen molar-refractivity contribution in [3.05, 3.63) is 35.6 Å². The van der Waals surface area contributed by atoms with Crippen molar-refractivity contribution >= 4 is 0 Å². The van der Waals surface area contributed by atoms with Crippen molar-refractivity contribution in [2.24, 2.45) is 5.73 Å². The van der Waals surface area contributed by atoms with Crippen molar-refractivity contribution in [3.63, 3.8) is 0 Å². The molecule has 0 spiro atoms. The van der Waals surface area contributed by atoms with Crippen LogP contribution in [0.15, 0.2) is 24.3 Å². The lowest BCUT2D eigenvalue weighted by molar-refractivity contribution is 0.128. The summed E-state index contributed by atoms with van der Waals surface area (Å²) in [5.41, 5.74) is 6.60. The van der Waals surface area contributed by atoms with E-state index in [9.17, 15) is 4.39 Å². The summed E-state index contributed by atoms with van der Waals surface area (Å²) in [6.07, 6.45) is 0.729. The van der Waals surface area contributed by atoms with Crippen LogP contribution in [0, 0.1) is 5.82 Å². The molecule has 1 aromatic carbocycles. The number of rotatable bonds is 5. The quantitative estimate of drug-likeness (QED) is 0.759. The van der Waals surface area contributed by atoms with Crippen LogP contribution in [0.1, 0.15) is 25.8 Å². The number of hydrogen-bond acceptors (Lipinski definition) is 2. The highest BCUT2D eigenvalue weighted by atomic mass is 19.1. The molecule has 0 aliphatic heterocycles. The van der Waals surface area contributed by atoms with Gasteiger partial charge in [-0.1, -0.05) is 12.1 Å². The maximum Gasteiger partial charge on any atom is 0.123 e. The molecule has 2 nitrogen and oxygen atoms in total. The zero-order chi connectivity index (χ0) is 11.3. The molecule has 0 bridgehead atoms. The Morgan fingerprint density at radius 1 is 1.33 bits per heavy atom. The Morgan fingerprint density at radius 3 is 2.47 bits per heavy atom. The Balaban J connectivity index is 2.63. The third kappa shape index (κ3) is 3.61. The Labute approximate surface area is 90.2 Å². The first-order valence-electron chi connectivity index (χ1n) is 5.19. The number of hydrogen-bond donors (Lipinski definition) is 1. The maximum atomic E-state index is 12.7. The number of halogens is 1. The summed E-state index contributed by atoms with van der Waals surface area (Å²) in [5.74, 6) is -0.237. The van der Waals surface area contributed by atoms with Crippen LogP contribution in [-0.2, 0) is 10.3 Å². The average Bonchev–Trinajstić information content (AvgIpc) is 2.18. The molecule has 1 atom stereocenters. The molecule has 1 unspecified atom stereocenters. The van der Waals surface area contributed by atoms with Crippen molar-refractivity contribution in [2.75, 3.05) is 13.2 Å². The van der Waals surface area contributed by atoms with Gasteiger partial charge >= 0.3 is 0 Å². The summed E-state index contributed by atoms with van der Waals surface area (Å²) in [6.45, 7) is 5.20. The Hall–Kier alpha value is -0.930. The van der Waals surface area contributed by atoms with Crippen LogP contribution in [-0.4, -0.2) is 13.2 Å². The molecule has 0 fully saturated rings. The predicted octanol–water partition coefficient (Wildman–Crippen LogP) is 2.43. The van der Waals surface area contributed by atoms with E-state index in [4.69, 9.17) is 10.5 Å². The fraction of sp³-hybridized carbons (Fsp3) is 0.500. The van der Waals surface area contributed by atoms with Crippen LogP contribution in [0.5, 0.6) is 0 Å². The van der Waals surface area contributed by atoms with E-state index in [-0.39, 0.29) is 5.82 Å². The highest BCUT2D eigenvalue weighted by Crippen LogP contribution is 2.21. The van der Waals surface area contributed by atoms with E-state index in [0.29, 0.717) is 13.2 Å². The second-order valence-corrected chi connectivity index (χ2v) is 3.87. The summed E-state index contributed by atoms with van der Waals surface area (Å²) < 4.78 is 18.0. The zero-order valence-electron chi connectivity index (χ0n) is 9.29. The van der Waals surface area contributed by atoms with E-state index in [1.165, 1.54) is 12.1 Å². The van der Waals surface area contributed by atoms with Crippen LogP contribution in [0.2, 0.25) is 0 Å². The van der Waals surface area contributed by atoms with Crippen LogP contribution < -0.4 is 5.73 Å². The van der Waals surface area contributed by atoms with Gasteiger partial charge in [0.1, 0.15) is 5.82 Å². The van der Waals surface area contributed by atoms with Crippen molar-refractivity contribution in [3.8, 4) is 0 Å². The highest BCUT2D eigenvalue weighted by molar-refractivity contribution is 5.23. The number of ether oxygens (including phenoxy) is 1. The topological polar surface area (TPSA) is 35.2 Å². The molecule has 1 aromatic rings. The fourth-order valence-electron chi connectivity index (χ4n) is 1.40. The lowest BCUT2D eigenvalue weighted by Crippen LogP contribution is -2.34.